The fourth-order valence-electron chi connectivity index (χ4n) is 9.82. The monoisotopic (exact) mass is 869 g/mol. The molecule has 0 atom stereocenters. The molecule has 3 aromatic heterocycles. The molecule has 0 unspecified atom stereocenters. The summed E-state index contributed by atoms with van der Waals surface area (Å²) in [5.41, 5.74) is 10.9. The summed E-state index contributed by atoms with van der Waals surface area (Å²) in [6.45, 7) is 0. The Morgan fingerprint density at radius 2 is 0.881 bits per heavy atom. The molecule has 3 heterocycles. The van der Waals surface area contributed by atoms with Crippen molar-refractivity contribution in [1.29, 1.82) is 5.26 Å². The van der Waals surface area contributed by atoms with E-state index in [0.717, 1.165) is 77.1 Å². The molecule has 13 aromatic rings. The Labute approximate surface area is 389 Å². The topological polar surface area (TPSA) is 75.3 Å². The largest absolute Gasteiger partial charge is 0.256 e. The van der Waals surface area contributed by atoms with Gasteiger partial charge in [-0.3, -0.25) is 4.98 Å². The van der Waals surface area contributed by atoms with Crippen LogP contribution in [0.15, 0.2) is 212 Å². The van der Waals surface area contributed by atoms with Crippen molar-refractivity contribution in [1.82, 2.24) is 19.9 Å². The van der Waals surface area contributed by atoms with E-state index in [1.54, 1.807) is 11.3 Å². The molecule has 13 rings (SSSR count). The number of pyridine rings is 1. The molecule has 0 aliphatic carbocycles. The second kappa shape index (κ2) is 15.7. The standard InChI is InChI=1S/C61H35N5S/c62-36-37-23-25-38(26-24-37)43-29-30-48(45-17-5-4-16-44(43)45)53-35-55-51-21-11-31-63-58(51)52(34-54(55)47-19-7-6-18-46(47)53)40-14-10-15-41(32-40)60-64-59(39-12-2-1-3-13-39)65-61(66-60)42-27-28-50-49-20-8-9-22-56(49)67-57(50)33-42/h1-35H. The molecule has 67 heavy (non-hydrogen) atoms. The quantitative estimate of drug-likeness (QED) is 0.156. The highest BCUT2D eigenvalue weighted by molar-refractivity contribution is 7.25. The summed E-state index contributed by atoms with van der Waals surface area (Å²) >= 11 is 1.79. The molecule has 0 fully saturated rings. The van der Waals surface area contributed by atoms with E-state index < -0.39 is 0 Å². The highest BCUT2D eigenvalue weighted by Crippen LogP contribution is 2.45. The number of hydrogen-bond acceptors (Lipinski definition) is 6. The van der Waals surface area contributed by atoms with Crippen LogP contribution >= 0.6 is 11.3 Å². The fourth-order valence-corrected chi connectivity index (χ4v) is 11.0. The minimum Gasteiger partial charge on any atom is -0.256 e. The second-order valence-corrected chi connectivity index (χ2v) is 17.9. The third-order valence-corrected chi connectivity index (χ3v) is 14.1. The second-order valence-electron chi connectivity index (χ2n) is 16.8. The third kappa shape index (κ3) is 6.52. The van der Waals surface area contributed by atoms with Crippen LogP contribution in [0.4, 0.5) is 0 Å². The van der Waals surface area contributed by atoms with Crippen LogP contribution in [0.2, 0.25) is 0 Å². The van der Waals surface area contributed by atoms with E-state index in [-0.39, 0.29) is 0 Å². The van der Waals surface area contributed by atoms with Gasteiger partial charge in [-0.05, 0) is 109 Å². The molecule has 0 spiro atoms. The first-order valence-electron chi connectivity index (χ1n) is 22.2. The molecule has 0 aliphatic rings. The number of thiophene rings is 1. The maximum atomic E-state index is 9.45. The van der Waals surface area contributed by atoms with E-state index in [4.69, 9.17) is 19.9 Å². The zero-order chi connectivity index (χ0) is 44.4. The van der Waals surface area contributed by atoms with Crippen LogP contribution in [0.1, 0.15) is 5.56 Å². The molecule has 0 saturated carbocycles. The van der Waals surface area contributed by atoms with Crippen molar-refractivity contribution in [3.63, 3.8) is 0 Å². The summed E-state index contributed by atoms with van der Waals surface area (Å²) in [6, 6.07) is 74.6. The van der Waals surface area contributed by atoms with Crippen molar-refractivity contribution in [2.24, 2.45) is 0 Å². The number of nitriles is 1. The molecule has 10 aromatic carbocycles. The Balaban J connectivity index is 0.972. The average molecular weight is 870 g/mol. The first-order valence-corrected chi connectivity index (χ1v) is 23.1. The Morgan fingerprint density at radius 3 is 1.66 bits per heavy atom. The number of rotatable bonds is 6. The molecular formula is C61H35N5S. The molecular weight excluding hydrogens is 835 g/mol. The lowest BCUT2D eigenvalue weighted by atomic mass is 9.86. The number of hydrogen-bond donors (Lipinski definition) is 0. The maximum absolute atomic E-state index is 9.45. The minimum absolute atomic E-state index is 0.604. The molecule has 0 saturated heterocycles. The third-order valence-electron chi connectivity index (χ3n) is 13.0. The van der Waals surface area contributed by atoms with Crippen LogP contribution in [0.25, 0.3) is 131 Å². The summed E-state index contributed by atoms with van der Waals surface area (Å²) in [5, 5.41) is 20.0. The van der Waals surface area contributed by atoms with Gasteiger partial charge in [0.25, 0.3) is 0 Å². The van der Waals surface area contributed by atoms with Gasteiger partial charge < -0.3 is 0 Å². The molecule has 0 bridgehead atoms. The van der Waals surface area contributed by atoms with Gasteiger partial charge in [0.15, 0.2) is 17.5 Å². The molecule has 0 amide bonds. The van der Waals surface area contributed by atoms with E-state index in [1.807, 2.05) is 66.9 Å². The van der Waals surface area contributed by atoms with Crippen LogP contribution in [0.5, 0.6) is 0 Å². The number of aromatic nitrogens is 4. The van der Waals surface area contributed by atoms with Gasteiger partial charge in [0.05, 0.1) is 17.1 Å². The van der Waals surface area contributed by atoms with Crippen molar-refractivity contribution in [3.05, 3.63) is 218 Å². The van der Waals surface area contributed by atoms with Crippen molar-refractivity contribution in [2.45, 2.75) is 0 Å². The lowest BCUT2D eigenvalue weighted by Crippen LogP contribution is -2.00. The zero-order valence-corrected chi connectivity index (χ0v) is 36.7. The smallest absolute Gasteiger partial charge is 0.164 e. The van der Waals surface area contributed by atoms with Crippen molar-refractivity contribution < 1.29 is 0 Å². The Kier molecular flexibility index (Phi) is 9.02. The van der Waals surface area contributed by atoms with Crippen LogP contribution in [-0.2, 0) is 0 Å². The minimum atomic E-state index is 0.604. The van der Waals surface area contributed by atoms with Crippen LogP contribution < -0.4 is 0 Å². The SMILES string of the molecule is N#Cc1ccc(-c2ccc(-c3cc4c5cccnc5c(-c5cccc(-c6nc(-c7ccccc7)nc(-c7ccc8c(c7)sc7ccccc78)n6)c5)cc4c4ccccc34)c3ccccc23)cc1. The molecule has 0 N–H and O–H groups in total. The van der Waals surface area contributed by atoms with Crippen LogP contribution in [0.3, 0.4) is 0 Å². The van der Waals surface area contributed by atoms with Gasteiger partial charge in [-0.25, -0.2) is 15.0 Å². The number of fused-ring (bicyclic) bond motifs is 9. The van der Waals surface area contributed by atoms with Crippen LogP contribution in [0, 0.1) is 11.3 Å². The van der Waals surface area contributed by atoms with E-state index in [1.165, 1.54) is 36.3 Å². The van der Waals surface area contributed by atoms with Gasteiger partial charge in [-0.15, -0.1) is 11.3 Å². The van der Waals surface area contributed by atoms with Gasteiger partial charge in [0, 0.05) is 54.0 Å². The number of nitrogens with zero attached hydrogens (tertiary/aromatic N) is 5. The zero-order valence-electron chi connectivity index (χ0n) is 35.9. The van der Waals surface area contributed by atoms with Gasteiger partial charge >= 0.3 is 0 Å². The molecule has 0 radical (unpaired) electrons. The van der Waals surface area contributed by atoms with Gasteiger partial charge in [0.2, 0.25) is 0 Å². The molecule has 6 heteroatoms. The van der Waals surface area contributed by atoms with Crippen molar-refractivity contribution in [2.75, 3.05) is 0 Å². The van der Waals surface area contributed by atoms with Gasteiger partial charge in [-0.2, -0.15) is 5.26 Å². The van der Waals surface area contributed by atoms with Crippen molar-refractivity contribution in [3.8, 4) is 73.6 Å². The molecule has 5 nitrogen and oxygen atoms in total. The Hall–Kier alpha value is -8.89. The highest BCUT2D eigenvalue weighted by atomic mass is 32.1. The lowest BCUT2D eigenvalue weighted by Gasteiger charge is -2.18. The average Bonchev–Trinajstić information content (AvgIpc) is 3.78. The van der Waals surface area contributed by atoms with E-state index in [0.29, 0.717) is 23.0 Å². The Morgan fingerprint density at radius 1 is 0.328 bits per heavy atom. The lowest BCUT2D eigenvalue weighted by molar-refractivity contribution is 1.07. The molecule has 0 aliphatic heterocycles. The fraction of sp³-hybridized carbons (Fsp3) is 0. The van der Waals surface area contributed by atoms with E-state index in [9.17, 15) is 5.26 Å². The van der Waals surface area contributed by atoms with E-state index in [2.05, 4.69) is 152 Å². The summed E-state index contributed by atoms with van der Waals surface area (Å²) in [5.74, 6) is 1.86. The predicted octanol–water partition coefficient (Wildman–Crippen LogP) is 16.1. The van der Waals surface area contributed by atoms with Gasteiger partial charge in [-0.1, -0.05) is 158 Å². The summed E-state index contributed by atoms with van der Waals surface area (Å²) in [7, 11) is 0. The van der Waals surface area contributed by atoms with Crippen molar-refractivity contribution >= 4 is 74.7 Å². The first-order chi connectivity index (χ1) is 33.1. The highest BCUT2D eigenvalue weighted by Gasteiger charge is 2.19. The van der Waals surface area contributed by atoms with Crippen LogP contribution in [-0.4, -0.2) is 19.9 Å². The maximum Gasteiger partial charge on any atom is 0.164 e. The normalized spacial score (nSPS) is 11.6. The summed E-state index contributed by atoms with van der Waals surface area (Å²) < 4.78 is 2.46. The van der Waals surface area contributed by atoms with E-state index >= 15 is 0 Å². The molecule has 310 valence electrons. The summed E-state index contributed by atoms with van der Waals surface area (Å²) in [4.78, 5) is 20.5. The summed E-state index contributed by atoms with van der Waals surface area (Å²) in [6.07, 6.45) is 1.89. The Bertz CT molecular complexity index is 4170. The van der Waals surface area contributed by atoms with Gasteiger partial charge in [0.1, 0.15) is 0 Å². The first kappa shape index (κ1) is 38.6. The number of benzene rings is 10. The predicted molar refractivity (Wildman–Crippen MR) is 278 cm³/mol.